The van der Waals surface area contributed by atoms with Crippen molar-refractivity contribution in [2.75, 3.05) is 0 Å². The molecule has 4 heteroatoms. The van der Waals surface area contributed by atoms with Crippen LogP contribution in [0.5, 0.6) is 0 Å². The van der Waals surface area contributed by atoms with Crippen LogP contribution in [0.2, 0.25) is 0 Å². The zero-order valence-electron chi connectivity index (χ0n) is 10.5. The van der Waals surface area contributed by atoms with Crippen LogP contribution in [0, 0.1) is 11.3 Å². The molecule has 0 aliphatic carbocycles. The lowest BCUT2D eigenvalue weighted by Crippen LogP contribution is -2.27. The van der Waals surface area contributed by atoms with Gasteiger partial charge in [0.2, 0.25) is 0 Å². The SMILES string of the molecule is CCC(C)(O)C(=CC#N)n1cnc2ccccc21. The van der Waals surface area contributed by atoms with Crippen LogP contribution in [0.3, 0.4) is 0 Å². The van der Waals surface area contributed by atoms with E-state index in [1.54, 1.807) is 17.8 Å². The molecule has 0 fully saturated rings. The van der Waals surface area contributed by atoms with Crippen LogP contribution in [0.15, 0.2) is 36.7 Å². The maximum atomic E-state index is 10.4. The Morgan fingerprint density at radius 1 is 1.56 bits per heavy atom. The lowest BCUT2D eigenvalue weighted by Gasteiger charge is -2.25. The minimum atomic E-state index is -1.06. The summed E-state index contributed by atoms with van der Waals surface area (Å²) >= 11 is 0. The highest BCUT2D eigenvalue weighted by Crippen LogP contribution is 2.27. The quantitative estimate of drug-likeness (QED) is 0.840. The van der Waals surface area contributed by atoms with Gasteiger partial charge in [0.1, 0.15) is 11.9 Å². The van der Waals surface area contributed by atoms with Crippen LogP contribution in [-0.2, 0) is 0 Å². The summed E-state index contributed by atoms with van der Waals surface area (Å²) in [5.74, 6) is 0. The third-order valence-corrected chi connectivity index (χ3v) is 3.15. The van der Waals surface area contributed by atoms with Gasteiger partial charge in [0.05, 0.1) is 22.8 Å². The summed E-state index contributed by atoms with van der Waals surface area (Å²) in [7, 11) is 0. The van der Waals surface area contributed by atoms with Gasteiger partial charge in [-0.2, -0.15) is 5.26 Å². The van der Waals surface area contributed by atoms with E-state index in [-0.39, 0.29) is 0 Å². The first kappa shape index (κ1) is 12.3. The molecule has 1 atom stereocenters. The van der Waals surface area contributed by atoms with Gasteiger partial charge in [0, 0.05) is 6.08 Å². The van der Waals surface area contributed by atoms with Crippen molar-refractivity contribution in [3.63, 3.8) is 0 Å². The topological polar surface area (TPSA) is 61.8 Å². The van der Waals surface area contributed by atoms with Gasteiger partial charge >= 0.3 is 0 Å². The van der Waals surface area contributed by atoms with Crippen molar-refractivity contribution in [3.05, 3.63) is 36.7 Å². The molecule has 2 rings (SSSR count). The van der Waals surface area contributed by atoms with Gasteiger partial charge in [-0.15, -0.1) is 0 Å². The zero-order chi connectivity index (χ0) is 13.2. The van der Waals surface area contributed by atoms with E-state index in [1.165, 1.54) is 6.08 Å². The highest BCUT2D eigenvalue weighted by Gasteiger charge is 2.26. The Bertz CT molecular complexity index is 632. The molecule has 0 radical (unpaired) electrons. The summed E-state index contributed by atoms with van der Waals surface area (Å²) in [5, 5.41) is 19.3. The van der Waals surface area contributed by atoms with Crippen molar-refractivity contribution in [3.8, 4) is 6.07 Å². The molecule has 0 spiro atoms. The van der Waals surface area contributed by atoms with Crippen LogP contribution >= 0.6 is 0 Å². The van der Waals surface area contributed by atoms with Gasteiger partial charge in [-0.05, 0) is 25.5 Å². The number of nitrogens with zero attached hydrogens (tertiary/aromatic N) is 3. The number of nitriles is 1. The molecule has 1 aromatic heterocycles. The van der Waals surface area contributed by atoms with E-state index in [2.05, 4.69) is 4.98 Å². The lowest BCUT2D eigenvalue weighted by atomic mass is 9.98. The van der Waals surface area contributed by atoms with Gasteiger partial charge < -0.3 is 5.11 Å². The van der Waals surface area contributed by atoms with Crippen LogP contribution in [0.4, 0.5) is 0 Å². The van der Waals surface area contributed by atoms with Crippen molar-refractivity contribution in [2.24, 2.45) is 0 Å². The molecule has 0 bridgehead atoms. The Hall–Kier alpha value is -2.12. The van der Waals surface area contributed by atoms with Crippen LogP contribution in [-0.4, -0.2) is 20.3 Å². The third kappa shape index (κ3) is 2.01. The van der Waals surface area contributed by atoms with Crippen molar-refractivity contribution in [2.45, 2.75) is 25.9 Å². The average Bonchev–Trinajstić information content (AvgIpc) is 2.79. The number of para-hydroxylation sites is 2. The number of hydrogen-bond acceptors (Lipinski definition) is 3. The molecule has 0 aliphatic rings. The van der Waals surface area contributed by atoms with E-state index >= 15 is 0 Å². The average molecular weight is 241 g/mol. The molecule has 92 valence electrons. The number of hydrogen-bond donors (Lipinski definition) is 1. The highest BCUT2D eigenvalue weighted by atomic mass is 16.3. The maximum Gasteiger partial charge on any atom is 0.103 e. The number of aliphatic hydroxyl groups is 1. The molecular formula is C14H15N3O. The molecular weight excluding hydrogens is 226 g/mol. The number of fused-ring (bicyclic) bond motifs is 1. The van der Waals surface area contributed by atoms with Crippen molar-refractivity contribution >= 4 is 16.7 Å². The Morgan fingerprint density at radius 2 is 2.28 bits per heavy atom. The Balaban J connectivity index is 2.65. The smallest absolute Gasteiger partial charge is 0.103 e. The first-order valence-electron chi connectivity index (χ1n) is 5.85. The Kier molecular flexibility index (Phi) is 3.17. The van der Waals surface area contributed by atoms with Gasteiger partial charge in [-0.3, -0.25) is 4.57 Å². The molecule has 2 aromatic rings. The number of imidazole rings is 1. The van der Waals surface area contributed by atoms with Gasteiger partial charge in [0.15, 0.2) is 0 Å². The molecule has 0 aliphatic heterocycles. The van der Waals surface area contributed by atoms with Crippen molar-refractivity contribution in [1.29, 1.82) is 5.26 Å². The van der Waals surface area contributed by atoms with E-state index in [0.717, 1.165) is 11.0 Å². The Labute approximate surface area is 106 Å². The fourth-order valence-corrected chi connectivity index (χ4v) is 1.88. The maximum absolute atomic E-state index is 10.4. The second kappa shape index (κ2) is 4.63. The minimum Gasteiger partial charge on any atom is -0.384 e. The predicted molar refractivity (Wildman–Crippen MR) is 70.5 cm³/mol. The fraction of sp³-hybridized carbons (Fsp3) is 0.286. The third-order valence-electron chi connectivity index (χ3n) is 3.15. The van der Waals surface area contributed by atoms with Gasteiger partial charge in [-0.1, -0.05) is 19.1 Å². The molecule has 1 N–H and O–H groups in total. The van der Waals surface area contributed by atoms with Crippen molar-refractivity contribution < 1.29 is 5.11 Å². The molecule has 18 heavy (non-hydrogen) atoms. The fourth-order valence-electron chi connectivity index (χ4n) is 1.88. The summed E-state index contributed by atoms with van der Waals surface area (Å²) in [6, 6.07) is 9.62. The molecule has 0 saturated carbocycles. The first-order valence-corrected chi connectivity index (χ1v) is 5.85. The van der Waals surface area contributed by atoms with Crippen LogP contribution in [0.1, 0.15) is 20.3 Å². The summed E-state index contributed by atoms with van der Waals surface area (Å²) in [6.45, 7) is 3.58. The largest absolute Gasteiger partial charge is 0.384 e. The normalized spacial score (nSPS) is 15.3. The number of aromatic nitrogens is 2. The van der Waals surface area contributed by atoms with Crippen LogP contribution in [0.25, 0.3) is 16.7 Å². The number of rotatable bonds is 3. The Morgan fingerprint density at radius 3 is 2.94 bits per heavy atom. The van der Waals surface area contributed by atoms with Crippen LogP contribution < -0.4 is 0 Å². The molecule has 0 amide bonds. The summed E-state index contributed by atoms with van der Waals surface area (Å²) in [5.41, 5.74) is 1.21. The zero-order valence-corrected chi connectivity index (χ0v) is 10.5. The number of allylic oxidation sites excluding steroid dienone is 1. The van der Waals surface area contributed by atoms with E-state index < -0.39 is 5.60 Å². The minimum absolute atomic E-state index is 0.521. The molecule has 1 aromatic carbocycles. The van der Waals surface area contributed by atoms with E-state index in [9.17, 15) is 5.11 Å². The standard InChI is InChI=1S/C14H15N3O/c1-3-14(2,18)13(8-9-15)17-10-16-11-6-4-5-7-12(11)17/h4-8,10,18H,3H2,1-2H3. The second-order valence-corrected chi connectivity index (χ2v) is 4.39. The summed E-state index contributed by atoms with van der Waals surface area (Å²) in [6.07, 6.45) is 3.53. The molecule has 1 heterocycles. The van der Waals surface area contributed by atoms with Crippen molar-refractivity contribution in [1.82, 2.24) is 9.55 Å². The highest BCUT2D eigenvalue weighted by molar-refractivity contribution is 5.80. The van der Waals surface area contributed by atoms with E-state index in [1.807, 2.05) is 37.3 Å². The molecule has 4 nitrogen and oxygen atoms in total. The molecule has 0 saturated heterocycles. The summed E-state index contributed by atoms with van der Waals surface area (Å²) in [4.78, 5) is 4.27. The van der Waals surface area contributed by atoms with E-state index in [0.29, 0.717) is 12.1 Å². The van der Waals surface area contributed by atoms with E-state index in [4.69, 9.17) is 5.26 Å². The second-order valence-electron chi connectivity index (χ2n) is 4.39. The number of benzene rings is 1. The monoisotopic (exact) mass is 241 g/mol. The lowest BCUT2D eigenvalue weighted by molar-refractivity contribution is 0.113. The predicted octanol–water partition coefficient (Wildman–Crippen LogP) is 2.56. The van der Waals surface area contributed by atoms with Gasteiger partial charge in [-0.25, -0.2) is 4.98 Å². The first-order chi connectivity index (χ1) is 8.60. The van der Waals surface area contributed by atoms with Gasteiger partial charge in [0.25, 0.3) is 0 Å². The molecule has 1 unspecified atom stereocenters. The summed E-state index contributed by atoms with van der Waals surface area (Å²) < 4.78 is 1.77.